The predicted octanol–water partition coefficient (Wildman–Crippen LogP) is 2.62. The van der Waals surface area contributed by atoms with Crippen molar-refractivity contribution in [2.75, 3.05) is 26.2 Å². The van der Waals surface area contributed by atoms with E-state index in [9.17, 15) is 14.0 Å². The minimum absolute atomic E-state index is 0. The van der Waals surface area contributed by atoms with E-state index < -0.39 is 11.9 Å². The number of hydrogen-bond acceptors (Lipinski definition) is 3. The summed E-state index contributed by atoms with van der Waals surface area (Å²) in [5.74, 6) is -0.793. The molecule has 0 saturated carbocycles. The summed E-state index contributed by atoms with van der Waals surface area (Å²) in [6, 6.07) is 14.2. The van der Waals surface area contributed by atoms with Gasteiger partial charge in [0, 0.05) is 31.7 Å². The van der Waals surface area contributed by atoms with Crippen LogP contribution in [-0.4, -0.2) is 47.8 Å². The Kier molecular flexibility index (Phi) is 7.33. The van der Waals surface area contributed by atoms with Crippen LogP contribution in [0.25, 0.3) is 0 Å². The van der Waals surface area contributed by atoms with E-state index in [1.165, 1.54) is 18.2 Å². The van der Waals surface area contributed by atoms with Crippen molar-refractivity contribution in [1.82, 2.24) is 9.80 Å². The SMILES string of the molecule is Cl.NC(C(=O)N1CCCN(C(=O)c2cccc(F)c2)CC1)c1ccccc1. The van der Waals surface area contributed by atoms with Gasteiger partial charge in [0.1, 0.15) is 11.9 Å². The van der Waals surface area contributed by atoms with Crippen molar-refractivity contribution >= 4 is 24.2 Å². The monoisotopic (exact) mass is 391 g/mol. The maximum Gasteiger partial charge on any atom is 0.254 e. The third-order valence-electron chi connectivity index (χ3n) is 4.59. The molecule has 1 heterocycles. The number of carbonyl (C=O) groups is 2. The fourth-order valence-electron chi connectivity index (χ4n) is 3.14. The molecule has 0 spiro atoms. The molecule has 1 aliphatic heterocycles. The van der Waals surface area contributed by atoms with Gasteiger partial charge in [0.15, 0.2) is 0 Å². The molecule has 1 unspecified atom stereocenters. The molecule has 1 atom stereocenters. The number of amides is 2. The second-order valence-electron chi connectivity index (χ2n) is 6.37. The largest absolute Gasteiger partial charge is 0.339 e. The molecule has 0 aliphatic carbocycles. The summed E-state index contributed by atoms with van der Waals surface area (Å²) in [5.41, 5.74) is 7.21. The molecule has 3 rings (SSSR count). The quantitative estimate of drug-likeness (QED) is 0.874. The van der Waals surface area contributed by atoms with Crippen molar-refractivity contribution < 1.29 is 14.0 Å². The number of rotatable bonds is 3. The van der Waals surface area contributed by atoms with Crippen LogP contribution < -0.4 is 5.73 Å². The Morgan fingerprint density at radius 1 is 0.926 bits per heavy atom. The second-order valence-corrected chi connectivity index (χ2v) is 6.37. The van der Waals surface area contributed by atoms with E-state index in [0.29, 0.717) is 38.2 Å². The van der Waals surface area contributed by atoms with Crippen LogP contribution in [0.5, 0.6) is 0 Å². The topological polar surface area (TPSA) is 66.6 Å². The molecule has 5 nitrogen and oxygen atoms in total. The highest BCUT2D eigenvalue weighted by Crippen LogP contribution is 2.16. The van der Waals surface area contributed by atoms with Crippen molar-refractivity contribution in [2.24, 2.45) is 5.73 Å². The first kappa shape index (κ1) is 20.9. The standard InChI is InChI=1S/C20H22FN3O2.ClH/c21-17-9-4-8-16(14-17)19(25)23-10-5-11-24(13-12-23)20(26)18(22)15-6-2-1-3-7-15;/h1-4,6-9,14,18H,5,10-13,22H2;1H. The molecule has 0 radical (unpaired) electrons. The molecule has 2 aromatic carbocycles. The van der Waals surface area contributed by atoms with E-state index in [0.717, 1.165) is 5.56 Å². The highest BCUT2D eigenvalue weighted by Gasteiger charge is 2.26. The van der Waals surface area contributed by atoms with Gasteiger partial charge in [-0.15, -0.1) is 12.4 Å². The second kappa shape index (κ2) is 9.48. The lowest BCUT2D eigenvalue weighted by Gasteiger charge is -2.25. The summed E-state index contributed by atoms with van der Waals surface area (Å²) in [6.45, 7) is 1.90. The number of halogens is 2. The van der Waals surface area contributed by atoms with Crippen LogP contribution >= 0.6 is 12.4 Å². The number of nitrogens with zero attached hydrogens (tertiary/aromatic N) is 2. The highest BCUT2D eigenvalue weighted by molar-refractivity contribution is 5.94. The van der Waals surface area contributed by atoms with Crippen molar-refractivity contribution in [3.63, 3.8) is 0 Å². The lowest BCUT2D eigenvalue weighted by molar-refractivity contribution is -0.132. The van der Waals surface area contributed by atoms with Crippen molar-refractivity contribution in [2.45, 2.75) is 12.5 Å². The summed E-state index contributed by atoms with van der Waals surface area (Å²) in [7, 11) is 0. The number of hydrogen-bond donors (Lipinski definition) is 1. The van der Waals surface area contributed by atoms with E-state index in [1.54, 1.807) is 15.9 Å². The van der Waals surface area contributed by atoms with Crippen molar-refractivity contribution in [3.8, 4) is 0 Å². The van der Waals surface area contributed by atoms with E-state index in [-0.39, 0.29) is 24.2 Å². The highest BCUT2D eigenvalue weighted by atomic mass is 35.5. The zero-order chi connectivity index (χ0) is 18.5. The van der Waals surface area contributed by atoms with Crippen LogP contribution in [0.3, 0.4) is 0 Å². The smallest absolute Gasteiger partial charge is 0.254 e. The molecule has 1 aliphatic rings. The van der Waals surface area contributed by atoms with Crippen LogP contribution in [0.2, 0.25) is 0 Å². The maximum absolute atomic E-state index is 13.4. The Labute approximate surface area is 164 Å². The summed E-state index contributed by atoms with van der Waals surface area (Å²) in [5, 5.41) is 0. The minimum atomic E-state index is -0.707. The summed E-state index contributed by atoms with van der Waals surface area (Å²) in [6.07, 6.45) is 0.661. The normalized spacial score (nSPS) is 15.5. The molecule has 1 saturated heterocycles. The van der Waals surface area contributed by atoms with Gasteiger partial charge in [-0.05, 0) is 30.2 Å². The number of nitrogens with two attached hydrogens (primary N) is 1. The van der Waals surface area contributed by atoms with Gasteiger partial charge in [-0.1, -0.05) is 36.4 Å². The third-order valence-corrected chi connectivity index (χ3v) is 4.59. The van der Waals surface area contributed by atoms with Gasteiger partial charge in [0.25, 0.3) is 5.91 Å². The van der Waals surface area contributed by atoms with E-state index >= 15 is 0 Å². The predicted molar refractivity (Wildman–Crippen MR) is 104 cm³/mol. The molecule has 2 aromatic rings. The van der Waals surface area contributed by atoms with Gasteiger partial charge >= 0.3 is 0 Å². The molecule has 27 heavy (non-hydrogen) atoms. The van der Waals surface area contributed by atoms with Crippen molar-refractivity contribution in [3.05, 3.63) is 71.5 Å². The van der Waals surface area contributed by atoms with Gasteiger partial charge in [0.2, 0.25) is 5.91 Å². The fraction of sp³-hybridized carbons (Fsp3) is 0.300. The molecule has 0 aromatic heterocycles. The Balaban J connectivity index is 0.00000261. The van der Waals surface area contributed by atoms with Crippen LogP contribution in [-0.2, 0) is 4.79 Å². The Morgan fingerprint density at radius 2 is 1.59 bits per heavy atom. The fourth-order valence-corrected chi connectivity index (χ4v) is 3.14. The first-order valence-electron chi connectivity index (χ1n) is 8.70. The van der Waals surface area contributed by atoms with Crippen LogP contribution in [0.1, 0.15) is 28.4 Å². The van der Waals surface area contributed by atoms with Gasteiger partial charge in [-0.25, -0.2) is 4.39 Å². The summed E-state index contributed by atoms with van der Waals surface area (Å²) in [4.78, 5) is 28.6. The van der Waals surface area contributed by atoms with Gasteiger partial charge in [0.05, 0.1) is 0 Å². The van der Waals surface area contributed by atoms with E-state index in [2.05, 4.69) is 0 Å². The Morgan fingerprint density at radius 3 is 2.30 bits per heavy atom. The van der Waals surface area contributed by atoms with Gasteiger partial charge in [-0.3, -0.25) is 9.59 Å². The van der Waals surface area contributed by atoms with E-state index in [1.807, 2.05) is 30.3 Å². The molecular weight excluding hydrogens is 369 g/mol. The molecule has 2 amide bonds. The zero-order valence-electron chi connectivity index (χ0n) is 14.9. The first-order chi connectivity index (χ1) is 12.6. The third kappa shape index (κ3) is 5.05. The molecule has 2 N–H and O–H groups in total. The van der Waals surface area contributed by atoms with Crippen molar-refractivity contribution in [1.29, 1.82) is 0 Å². The number of benzene rings is 2. The summed E-state index contributed by atoms with van der Waals surface area (Å²) >= 11 is 0. The molecular formula is C20H23ClFN3O2. The lowest BCUT2D eigenvalue weighted by Crippen LogP contribution is -2.41. The number of carbonyl (C=O) groups excluding carboxylic acids is 2. The van der Waals surface area contributed by atoms with Crippen LogP contribution in [0.15, 0.2) is 54.6 Å². The maximum atomic E-state index is 13.4. The molecule has 1 fully saturated rings. The van der Waals surface area contributed by atoms with E-state index in [4.69, 9.17) is 5.73 Å². The Bertz CT molecular complexity index is 788. The molecule has 144 valence electrons. The van der Waals surface area contributed by atoms with Crippen LogP contribution in [0.4, 0.5) is 4.39 Å². The van der Waals surface area contributed by atoms with Crippen LogP contribution in [0, 0.1) is 5.82 Å². The minimum Gasteiger partial charge on any atom is -0.339 e. The van der Waals surface area contributed by atoms with Gasteiger partial charge < -0.3 is 15.5 Å². The Hall–Kier alpha value is -2.44. The van der Waals surface area contributed by atoms with Gasteiger partial charge in [-0.2, -0.15) is 0 Å². The summed E-state index contributed by atoms with van der Waals surface area (Å²) < 4.78 is 13.4. The first-order valence-corrected chi connectivity index (χ1v) is 8.70. The lowest BCUT2D eigenvalue weighted by atomic mass is 10.1. The average molecular weight is 392 g/mol. The zero-order valence-corrected chi connectivity index (χ0v) is 15.7. The average Bonchev–Trinajstić information content (AvgIpc) is 2.93. The molecule has 0 bridgehead atoms. The molecule has 7 heteroatoms.